The van der Waals surface area contributed by atoms with E-state index in [0.29, 0.717) is 9.79 Å². The Morgan fingerprint density at radius 2 is 1.83 bits per heavy atom. The summed E-state index contributed by atoms with van der Waals surface area (Å²) in [5, 5.41) is 0.777. The summed E-state index contributed by atoms with van der Waals surface area (Å²) in [6, 6.07) is 10.9. The maximum atomic E-state index is 13.0. The molecule has 1 heterocycles. The van der Waals surface area contributed by atoms with Gasteiger partial charge in [0.1, 0.15) is 0 Å². The summed E-state index contributed by atoms with van der Waals surface area (Å²) in [5.41, 5.74) is 4.36. The molecule has 4 heteroatoms. The van der Waals surface area contributed by atoms with Crippen LogP contribution in [0.5, 0.6) is 0 Å². The second-order valence-corrected chi connectivity index (χ2v) is 7.88. The zero-order chi connectivity index (χ0) is 16.0. The van der Waals surface area contributed by atoms with Crippen molar-refractivity contribution in [3.8, 4) is 0 Å². The van der Waals surface area contributed by atoms with Gasteiger partial charge in [-0.2, -0.15) is 0 Å². The molecule has 4 rings (SSSR count). The number of aromatic amines is 1. The standard InChI is InChI=1S/C19H17NO2S/c1-13-6-9-15(10-7-13)23(21,22)18-12-20-19-16-5-3-2-4-14(16)8-11-17(18)19/h2,4,6-12,20H,3,5H2,1H3. The quantitative estimate of drug-likeness (QED) is 0.765. The number of hydrogen-bond acceptors (Lipinski definition) is 2. The number of aromatic nitrogens is 1. The van der Waals surface area contributed by atoms with E-state index in [9.17, 15) is 8.42 Å². The zero-order valence-corrected chi connectivity index (χ0v) is 13.7. The van der Waals surface area contributed by atoms with Gasteiger partial charge in [0.25, 0.3) is 0 Å². The van der Waals surface area contributed by atoms with Gasteiger partial charge in [0, 0.05) is 11.6 Å². The second-order valence-electron chi connectivity index (χ2n) is 5.97. The molecule has 0 saturated heterocycles. The summed E-state index contributed by atoms with van der Waals surface area (Å²) in [7, 11) is -3.51. The van der Waals surface area contributed by atoms with Gasteiger partial charge >= 0.3 is 0 Å². The van der Waals surface area contributed by atoms with E-state index < -0.39 is 9.84 Å². The molecule has 1 aromatic heterocycles. The number of allylic oxidation sites excluding steroid dienone is 1. The molecule has 0 unspecified atom stereocenters. The number of H-pyrrole nitrogens is 1. The van der Waals surface area contributed by atoms with Crippen LogP contribution in [-0.2, 0) is 16.3 Å². The number of sulfone groups is 1. The van der Waals surface area contributed by atoms with Crippen molar-refractivity contribution in [2.75, 3.05) is 0 Å². The predicted molar refractivity (Wildman–Crippen MR) is 92.3 cm³/mol. The smallest absolute Gasteiger partial charge is 0.208 e. The van der Waals surface area contributed by atoms with E-state index in [4.69, 9.17) is 0 Å². The third kappa shape index (κ3) is 2.21. The van der Waals surface area contributed by atoms with Gasteiger partial charge in [-0.3, -0.25) is 0 Å². The van der Waals surface area contributed by atoms with Crippen molar-refractivity contribution in [3.63, 3.8) is 0 Å². The van der Waals surface area contributed by atoms with Crippen LogP contribution >= 0.6 is 0 Å². The molecule has 0 bridgehead atoms. The SMILES string of the molecule is Cc1ccc(S(=O)(=O)c2c[nH]c3c4c(ccc23)C=CCC4)cc1. The maximum Gasteiger partial charge on any atom is 0.208 e. The van der Waals surface area contributed by atoms with Crippen molar-refractivity contribution in [1.29, 1.82) is 0 Å². The molecule has 23 heavy (non-hydrogen) atoms. The van der Waals surface area contributed by atoms with Gasteiger partial charge in [-0.15, -0.1) is 0 Å². The molecule has 1 aliphatic carbocycles. The Labute approximate surface area is 135 Å². The van der Waals surface area contributed by atoms with Crippen LogP contribution in [0.1, 0.15) is 23.1 Å². The predicted octanol–water partition coefficient (Wildman–Crippen LogP) is 4.27. The van der Waals surface area contributed by atoms with Crippen molar-refractivity contribution in [3.05, 3.63) is 65.4 Å². The van der Waals surface area contributed by atoms with Gasteiger partial charge in [0.05, 0.1) is 15.3 Å². The van der Waals surface area contributed by atoms with E-state index in [1.54, 1.807) is 18.3 Å². The lowest BCUT2D eigenvalue weighted by atomic mass is 9.95. The highest BCUT2D eigenvalue weighted by Crippen LogP contribution is 2.33. The topological polar surface area (TPSA) is 49.9 Å². The van der Waals surface area contributed by atoms with E-state index >= 15 is 0 Å². The number of fused-ring (bicyclic) bond motifs is 3. The summed E-state index contributed by atoms with van der Waals surface area (Å²) < 4.78 is 25.9. The summed E-state index contributed by atoms with van der Waals surface area (Å²) in [4.78, 5) is 3.88. The fourth-order valence-electron chi connectivity index (χ4n) is 3.18. The molecular formula is C19H17NO2S. The Kier molecular flexibility index (Phi) is 3.16. The molecule has 1 aliphatic rings. The molecule has 1 N–H and O–H groups in total. The van der Waals surface area contributed by atoms with E-state index in [2.05, 4.69) is 17.1 Å². The maximum absolute atomic E-state index is 13.0. The van der Waals surface area contributed by atoms with Crippen LogP contribution in [0.25, 0.3) is 17.0 Å². The molecule has 0 atom stereocenters. The summed E-state index contributed by atoms with van der Waals surface area (Å²) in [6.45, 7) is 1.95. The minimum Gasteiger partial charge on any atom is -0.360 e. The number of nitrogens with one attached hydrogen (secondary N) is 1. The van der Waals surface area contributed by atoms with Gasteiger partial charge in [-0.05, 0) is 43.0 Å². The first-order valence-corrected chi connectivity index (χ1v) is 9.17. The molecule has 2 aromatic carbocycles. The number of benzene rings is 2. The largest absolute Gasteiger partial charge is 0.360 e. The monoisotopic (exact) mass is 323 g/mol. The highest BCUT2D eigenvalue weighted by Gasteiger charge is 2.23. The molecule has 0 spiro atoms. The highest BCUT2D eigenvalue weighted by atomic mass is 32.2. The number of rotatable bonds is 2. The van der Waals surface area contributed by atoms with Crippen LogP contribution in [0.3, 0.4) is 0 Å². The molecule has 0 aliphatic heterocycles. The second kappa shape index (κ2) is 5.10. The first-order chi connectivity index (χ1) is 11.1. The molecular weight excluding hydrogens is 306 g/mol. The lowest BCUT2D eigenvalue weighted by molar-refractivity contribution is 0.597. The van der Waals surface area contributed by atoms with Crippen molar-refractivity contribution in [2.45, 2.75) is 29.6 Å². The summed E-state index contributed by atoms with van der Waals surface area (Å²) in [5.74, 6) is 0. The molecule has 3 nitrogen and oxygen atoms in total. The van der Waals surface area contributed by atoms with E-state index in [1.165, 1.54) is 11.1 Å². The molecule has 0 fully saturated rings. The van der Waals surface area contributed by atoms with Gasteiger partial charge in [-0.25, -0.2) is 8.42 Å². The fourth-order valence-corrected chi connectivity index (χ4v) is 4.60. The van der Waals surface area contributed by atoms with E-state index in [-0.39, 0.29) is 0 Å². The van der Waals surface area contributed by atoms with Crippen LogP contribution in [0.4, 0.5) is 0 Å². The Bertz CT molecular complexity index is 1030. The van der Waals surface area contributed by atoms with Crippen molar-refractivity contribution in [1.82, 2.24) is 4.98 Å². The lowest BCUT2D eigenvalue weighted by Crippen LogP contribution is -2.01. The third-order valence-corrected chi connectivity index (χ3v) is 6.25. The van der Waals surface area contributed by atoms with Crippen LogP contribution in [-0.4, -0.2) is 13.4 Å². The average Bonchev–Trinajstić information content (AvgIpc) is 3.00. The van der Waals surface area contributed by atoms with Crippen molar-refractivity contribution >= 4 is 26.8 Å². The zero-order valence-electron chi connectivity index (χ0n) is 12.8. The molecule has 0 amide bonds. The van der Waals surface area contributed by atoms with E-state index in [1.807, 2.05) is 31.2 Å². The van der Waals surface area contributed by atoms with Crippen LogP contribution in [0.2, 0.25) is 0 Å². The molecule has 0 radical (unpaired) electrons. The third-order valence-electron chi connectivity index (χ3n) is 4.44. The van der Waals surface area contributed by atoms with Gasteiger partial charge in [-0.1, -0.05) is 42.0 Å². The first-order valence-electron chi connectivity index (χ1n) is 7.68. The van der Waals surface area contributed by atoms with Gasteiger partial charge in [0.15, 0.2) is 0 Å². The summed E-state index contributed by atoms with van der Waals surface area (Å²) in [6.07, 6.45) is 7.81. The highest BCUT2D eigenvalue weighted by molar-refractivity contribution is 7.91. The first kappa shape index (κ1) is 14.3. The minimum absolute atomic E-state index is 0.335. The molecule has 0 saturated carbocycles. The Morgan fingerprint density at radius 1 is 1.04 bits per heavy atom. The average molecular weight is 323 g/mol. The van der Waals surface area contributed by atoms with Crippen LogP contribution in [0.15, 0.2) is 58.5 Å². The van der Waals surface area contributed by atoms with E-state index in [0.717, 1.165) is 29.3 Å². The number of aryl methyl sites for hydroxylation is 2. The van der Waals surface area contributed by atoms with Crippen molar-refractivity contribution in [2.24, 2.45) is 0 Å². The summed E-state index contributed by atoms with van der Waals surface area (Å²) >= 11 is 0. The van der Waals surface area contributed by atoms with Crippen LogP contribution in [0, 0.1) is 6.92 Å². The molecule has 116 valence electrons. The number of hydrogen-bond donors (Lipinski definition) is 1. The van der Waals surface area contributed by atoms with Crippen LogP contribution < -0.4 is 0 Å². The fraction of sp³-hybridized carbons (Fsp3) is 0.158. The Morgan fingerprint density at radius 3 is 2.61 bits per heavy atom. The normalized spacial score (nSPS) is 14.1. The lowest BCUT2D eigenvalue weighted by Gasteiger charge is -2.11. The Balaban J connectivity index is 1.93. The minimum atomic E-state index is -3.51. The Hall–Kier alpha value is -2.33. The molecule has 3 aromatic rings. The van der Waals surface area contributed by atoms with Gasteiger partial charge in [0.2, 0.25) is 9.84 Å². The van der Waals surface area contributed by atoms with Gasteiger partial charge < -0.3 is 4.98 Å². The van der Waals surface area contributed by atoms with Crippen molar-refractivity contribution < 1.29 is 8.42 Å².